The minimum absolute atomic E-state index is 0.0327. The van der Waals surface area contributed by atoms with Gasteiger partial charge in [0.15, 0.2) is 5.78 Å². The fourth-order valence-corrected chi connectivity index (χ4v) is 10.1. The molecule has 2 amide bonds. The Labute approximate surface area is 233 Å². The number of carbonyl (C=O) groups is 3. The van der Waals surface area contributed by atoms with Crippen molar-refractivity contribution in [1.82, 2.24) is 5.43 Å². The monoisotopic (exact) mass is 537 g/mol. The summed E-state index contributed by atoms with van der Waals surface area (Å²) in [6, 6.07) is -0.652. The first kappa shape index (κ1) is 28.1. The van der Waals surface area contributed by atoms with Crippen molar-refractivity contribution in [2.75, 3.05) is 7.11 Å². The van der Waals surface area contributed by atoms with E-state index in [0.29, 0.717) is 0 Å². The Morgan fingerprint density at radius 2 is 1.64 bits per heavy atom. The molecule has 0 radical (unpaired) electrons. The summed E-state index contributed by atoms with van der Waals surface area (Å²) in [7, 11) is 1.46. The second kappa shape index (κ2) is 8.53. The van der Waals surface area contributed by atoms with Gasteiger partial charge in [-0.2, -0.15) is 5.10 Å². The summed E-state index contributed by atoms with van der Waals surface area (Å²) >= 11 is 0. The van der Waals surface area contributed by atoms with E-state index in [2.05, 4.69) is 58.1 Å². The molecule has 0 heterocycles. The van der Waals surface area contributed by atoms with Crippen LogP contribution in [-0.2, 0) is 14.3 Å². The molecule has 0 aromatic heterocycles. The molecule has 2 unspecified atom stereocenters. The Morgan fingerprint density at radius 3 is 2.28 bits per heavy atom. The number of rotatable bonds is 2. The van der Waals surface area contributed by atoms with Gasteiger partial charge in [-0.1, -0.05) is 47.6 Å². The van der Waals surface area contributed by atoms with Crippen LogP contribution in [0.3, 0.4) is 0 Å². The van der Waals surface area contributed by atoms with Gasteiger partial charge in [0.05, 0.1) is 12.5 Å². The van der Waals surface area contributed by atoms with Crippen molar-refractivity contribution in [2.24, 2.45) is 55.2 Å². The molecule has 39 heavy (non-hydrogen) atoms. The lowest BCUT2D eigenvalue weighted by Gasteiger charge is -2.69. The zero-order valence-corrected chi connectivity index (χ0v) is 25.1. The van der Waals surface area contributed by atoms with Gasteiger partial charge in [-0.3, -0.25) is 9.59 Å². The molecule has 0 aliphatic heterocycles. The summed E-state index contributed by atoms with van der Waals surface area (Å²) in [4.78, 5) is 38.7. The molecule has 3 N–H and O–H groups in total. The van der Waals surface area contributed by atoms with Crippen LogP contribution in [0.1, 0.15) is 99.8 Å². The molecule has 0 bridgehead atoms. The first-order valence-electron chi connectivity index (χ1n) is 14.7. The molecule has 7 nitrogen and oxygen atoms in total. The van der Waals surface area contributed by atoms with Crippen LogP contribution >= 0.6 is 0 Å². The summed E-state index contributed by atoms with van der Waals surface area (Å²) in [5.74, 6) is 0.206. The van der Waals surface area contributed by atoms with E-state index >= 15 is 0 Å². The quantitative estimate of drug-likeness (QED) is 0.328. The van der Waals surface area contributed by atoms with Crippen molar-refractivity contribution in [3.63, 3.8) is 0 Å². The standard InChI is InChI=1S/C32H47N3O4/c1-27(2)22-9-12-32(7)24(30(22,5)11-10-23(27)34-35-26(33)38)21(36)17-19-20-18-29(4,25(37)39-8)14-13-28(20,3)15-16-31(19,32)6/h17-18,22,24H,9-16H2,1-8H3,(H3,33,35,38)/b34-23+/t22?,24?,28-,29+,30+,31-,32-/m1/s1. The van der Waals surface area contributed by atoms with Gasteiger partial charge in [-0.05, 0) is 103 Å². The molecule has 7 atom stereocenters. The number of hydrazone groups is 1. The number of amides is 2. The van der Waals surface area contributed by atoms with Gasteiger partial charge in [0.1, 0.15) is 0 Å². The molecular formula is C32H47N3O4. The molecule has 5 aliphatic carbocycles. The van der Waals surface area contributed by atoms with Crippen molar-refractivity contribution in [3.05, 3.63) is 23.3 Å². The van der Waals surface area contributed by atoms with E-state index in [4.69, 9.17) is 10.5 Å². The third-order valence-corrected chi connectivity index (χ3v) is 12.7. The molecule has 3 saturated carbocycles. The fourth-order valence-electron chi connectivity index (χ4n) is 10.1. The summed E-state index contributed by atoms with van der Waals surface area (Å²) in [6.45, 7) is 15.8. The van der Waals surface area contributed by atoms with Crippen LogP contribution in [0.2, 0.25) is 0 Å². The van der Waals surface area contributed by atoms with Crippen LogP contribution in [-0.4, -0.2) is 30.6 Å². The number of urea groups is 1. The van der Waals surface area contributed by atoms with E-state index < -0.39 is 11.4 Å². The molecule has 5 aliphatic rings. The summed E-state index contributed by atoms with van der Waals surface area (Å²) in [5, 5.41) is 4.41. The van der Waals surface area contributed by atoms with Crippen molar-refractivity contribution in [2.45, 2.75) is 99.8 Å². The van der Waals surface area contributed by atoms with Crippen molar-refractivity contribution >= 4 is 23.5 Å². The number of nitrogens with one attached hydrogen (secondary N) is 1. The van der Waals surface area contributed by atoms with E-state index in [1.54, 1.807) is 0 Å². The lowest BCUT2D eigenvalue weighted by Crippen LogP contribution is -2.65. The van der Waals surface area contributed by atoms with Gasteiger partial charge in [0.25, 0.3) is 0 Å². The molecule has 5 rings (SSSR count). The average molecular weight is 538 g/mol. The minimum atomic E-state index is -0.671. The first-order chi connectivity index (χ1) is 18.0. The largest absolute Gasteiger partial charge is 0.468 e. The second-order valence-corrected chi connectivity index (χ2v) is 15.0. The molecule has 214 valence electrons. The maximum absolute atomic E-state index is 14.4. The maximum atomic E-state index is 14.4. The number of ketones is 1. The average Bonchev–Trinajstić information content (AvgIpc) is 2.84. The van der Waals surface area contributed by atoms with Gasteiger partial charge < -0.3 is 10.5 Å². The molecule has 0 saturated heterocycles. The van der Waals surface area contributed by atoms with E-state index in [-0.39, 0.29) is 50.7 Å². The van der Waals surface area contributed by atoms with Crippen molar-refractivity contribution in [1.29, 1.82) is 0 Å². The number of allylic oxidation sites excluding steroid dienone is 3. The van der Waals surface area contributed by atoms with Crippen LogP contribution < -0.4 is 11.2 Å². The van der Waals surface area contributed by atoms with Crippen LogP contribution in [0.5, 0.6) is 0 Å². The predicted molar refractivity (Wildman–Crippen MR) is 152 cm³/mol. The number of nitrogens with two attached hydrogens (primary N) is 1. The third kappa shape index (κ3) is 3.66. The molecule has 3 fully saturated rings. The Morgan fingerprint density at radius 1 is 0.974 bits per heavy atom. The number of ether oxygens (including phenoxy) is 1. The number of nitrogens with zero attached hydrogens (tertiary/aromatic N) is 1. The zero-order chi connectivity index (χ0) is 28.8. The Balaban J connectivity index is 1.61. The fraction of sp³-hybridized carbons (Fsp3) is 0.750. The van der Waals surface area contributed by atoms with Crippen LogP contribution in [0.25, 0.3) is 0 Å². The molecule has 0 aromatic rings. The lowest BCUT2D eigenvalue weighted by molar-refractivity contribution is -0.167. The van der Waals surface area contributed by atoms with E-state index in [0.717, 1.165) is 57.1 Å². The lowest BCUT2D eigenvalue weighted by atomic mass is 9.34. The third-order valence-electron chi connectivity index (χ3n) is 12.7. The van der Waals surface area contributed by atoms with Crippen molar-refractivity contribution < 1.29 is 19.1 Å². The summed E-state index contributed by atoms with van der Waals surface area (Å²) in [6.07, 6.45) is 11.5. The highest BCUT2D eigenvalue weighted by atomic mass is 16.5. The minimum Gasteiger partial charge on any atom is -0.468 e. The molecular weight excluding hydrogens is 490 g/mol. The smallest absolute Gasteiger partial charge is 0.332 e. The predicted octanol–water partition coefficient (Wildman–Crippen LogP) is 6.08. The molecule has 0 aromatic carbocycles. The van der Waals surface area contributed by atoms with Gasteiger partial charge >= 0.3 is 12.0 Å². The van der Waals surface area contributed by atoms with Crippen molar-refractivity contribution in [3.8, 4) is 0 Å². The van der Waals surface area contributed by atoms with Gasteiger partial charge in [-0.15, -0.1) is 0 Å². The van der Waals surface area contributed by atoms with E-state index in [1.165, 1.54) is 18.3 Å². The number of primary amides is 1. The zero-order valence-electron chi connectivity index (χ0n) is 25.1. The number of fused-ring (bicyclic) bond motifs is 7. The second-order valence-electron chi connectivity index (χ2n) is 15.0. The van der Waals surface area contributed by atoms with Gasteiger partial charge in [0.2, 0.25) is 0 Å². The Bertz CT molecular complexity index is 1230. The Kier molecular flexibility index (Phi) is 6.15. The van der Waals surface area contributed by atoms with E-state index in [1.807, 2.05) is 13.0 Å². The highest BCUT2D eigenvalue weighted by molar-refractivity contribution is 5.98. The highest BCUT2D eigenvalue weighted by Crippen LogP contribution is 2.74. The van der Waals surface area contributed by atoms with Crippen LogP contribution in [0, 0.1) is 44.3 Å². The molecule has 7 heteroatoms. The summed E-state index contributed by atoms with van der Waals surface area (Å²) < 4.78 is 5.21. The van der Waals surface area contributed by atoms with Crippen LogP contribution in [0.15, 0.2) is 28.4 Å². The SMILES string of the molecule is COC(=O)[C@]1(C)C=C2C3=CC(=O)C4[C@@]5(C)CC/C(=N\NC(N)=O)C(C)(C)C5CC[C@@]4(C)[C@]3(C)CC[C@@]2(C)CC1. The maximum Gasteiger partial charge on any atom is 0.332 e. The first-order valence-corrected chi connectivity index (χ1v) is 14.7. The number of hydrogen-bond donors (Lipinski definition) is 2. The number of esters is 1. The summed E-state index contributed by atoms with van der Waals surface area (Å²) in [5.41, 5.74) is 9.58. The van der Waals surface area contributed by atoms with E-state index in [9.17, 15) is 14.4 Å². The Hall–Kier alpha value is -2.44. The molecule has 0 spiro atoms. The number of carbonyl (C=O) groups excluding carboxylic acids is 3. The normalized spacial score (nSPS) is 45.5. The number of hydrogen-bond acceptors (Lipinski definition) is 5. The topological polar surface area (TPSA) is 111 Å². The van der Waals surface area contributed by atoms with Crippen LogP contribution in [0.4, 0.5) is 4.79 Å². The highest BCUT2D eigenvalue weighted by Gasteiger charge is 2.69. The van der Waals surface area contributed by atoms with Gasteiger partial charge in [0, 0.05) is 17.0 Å². The van der Waals surface area contributed by atoms with Gasteiger partial charge in [-0.25, -0.2) is 10.2 Å². The number of methoxy groups -OCH3 is 1.